The molecule has 1 aliphatic rings. The number of fused-ring (bicyclic) bond motifs is 1. The fourth-order valence-corrected chi connectivity index (χ4v) is 3.90. The summed E-state index contributed by atoms with van der Waals surface area (Å²) in [6, 6.07) is 16.6. The molecule has 1 N–H and O–H groups in total. The molecule has 5 rings (SSSR count). The molecular weight excluding hydrogens is 384 g/mol. The van der Waals surface area contributed by atoms with Gasteiger partial charge in [-0.05, 0) is 24.6 Å². The van der Waals surface area contributed by atoms with Crippen LogP contribution in [0, 0.1) is 6.92 Å². The highest BCUT2D eigenvalue weighted by atomic mass is 16.4. The number of rotatable bonds is 4. The van der Waals surface area contributed by atoms with Crippen LogP contribution in [0.3, 0.4) is 0 Å². The monoisotopic (exact) mass is 402 g/mol. The van der Waals surface area contributed by atoms with E-state index in [1.807, 2.05) is 42.5 Å². The number of imide groups is 1. The van der Waals surface area contributed by atoms with Gasteiger partial charge in [-0.3, -0.25) is 24.4 Å². The van der Waals surface area contributed by atoms with Crippen LogP contribution in [0.5, 0.6) is 0 Å². The minimum Gasteiger partial charge on any atom is -0.422 e. The second kappa shape index (κ2) is 6.84. The van der Waals surface area contributed by atoms with Crippen molar-refractivity contribution >= 4 is 22.9 Å². The highest BCUT2D eigenvalue weighted by Gasteiger charge is 2.42. The van der Waals surface area contributed by atoms with Gasteiger partial charge in [0, 0.05) is 12.1 Å². The van der Waals surface area contributed by atoms with Crippen molar-refractivity contribution < 1.29 is 14.0 Å². The number of aryl methyl sites for hydroxylation is 1. The lowest BCUT2D eigenvalue weighted by Crippen LogP contribution is -2.30. The van der Waals surface area contributed by atoms with Crippen molar-refractivity contribution in [2.45, 2.75) is 25.8 Å². The first-order chi connectivity index (χ1) is 14.5. The van der Waals surface area contributed by atoms with Crippen LogP contribution in [-0.2, 0) is 16.1 Å². The predicted octanol–water partition coefficient (Wildman–Crippen LogP) is 2.66. The number of oxazole rings is 1. The maximum atomic E-state index is 13.1. The molecule has 2 aromatic carbocycles. The molecule has 1 fully saturated rings. The third-order valence-electron chi connectivity index (χ3n) is 5.37. The summed E-state index contributed by atoms with van der Waals surface area (Å²) in [6.45, 7) is 1.89. The van der Waals surface area contributed by atoms with Crippen molar-refractivity contribution in [1.82, 2.24) is 19.7 Å². The Hall–Kier alpha value is -3.94. The molecule has 0 spiro atoms. The predicted molar refractivity (Wildman–Crippen MR) is 108 cm³/mol. The smallest absolute Gasteiger partial charge is 0.325 e. The third kappa shape index (κ3) is 2.85. The second-order valence-electron chi connectivity index (χ2n) is 7.32. The van der Waals surface area contributed by atoms with Gasteiger partial charge in [0.2, 0.25) is 11.8 Å². The molecule has 1 aliphatic heterocycles. The number of aromatic amines is 1. The van der Waals surface area contributed by atoms with E-state index < -0.39 is 11.5 Å². The molecule has 30 heavy (non-hydrogen) atoms. The quantitative estimate of drug-likeness (QED) is 0.529. The summed E-state index contributed by atoms with van der Waals surface area (Å²) in [5.41, 5.74) is 2.37. The molecule has 1 saturated heterocycles. The fraction of sp³-hybridized carbons (Fsp3) is 0.182. The zero-order chi connectivity index (χ0) is 20.8. The van der Waals surface area contributed by atoms with Crippen LogP contribution in [0.1, 0.15) is 29.2 Å². The van der Waals surface area contributed by atoms with E-state index in [1.54, 1.807) is 19.1 Å². The summed E-state index contributed by atoms with van der Waals surface area (Å²) < 4.78 is 6.86. The summed E-state index contributed by atoms with van der Waals surface area (Å²) in [4.78, 5) is 44.2. The van der Waals surface area contributed by atoms with Gasteiger partial charge in [-0.1, -0.05) is 42.5 Å². The molecular formula is C22H18N4O4. The number of nitrogens with one attached hydrogen (secondary N) is 1. The van der Waals surface area contributed by atoms with E-state index in [1.165, 1.54) is 9.58 Å². The number of amides is 2. The van der Waals surface area contributed by atoms with E-state index in [2.05, 4.69) is 10.1 Å². The number of carbonyl (C=O) groups is 2. The lowest BCUT2D eigenvalue weighted by Gasteiger charge is -2.14. The summed E-state index contributed by atoms with van der Waals surface area (Å²) in [6.07, 6.45) is -0.0346. The van der Waals surface area contributed by atoms with Gasteiger partial charge in [-0.2, -0.15) is 9.67 Å². The van der Waals surface area contributed by atoms with Crippen molar-refractivity contribution in [3.05, 3.63) is 81.8 Å². The van der Waals surface area contributed by atoms with Gasteiger partial charge in [-0.15, -0.1) is 0 Å². The molecule has 150 valence electrons. The van der Waals surface area contributed by atoms with Gasteiger partial charge in [-0.25, -0.2) is 0 Å². The average molecular weight is 402 g/mol. The fourth-order valence-electron chi connectivity index (χ4n) is 3.90. The van der Waals surface area contributed by atoms with E-state index in [0.717, 1.165) is 5.56 Å². The topological polar surface area (TPSA) is 101 Å². The van der Waals surface area contributed by atoms with Crippen molar-refractivity contribution in [1.29, 1.82) is 0 Å². The molecule has 8 nitrogen and oxygen atoms in total. The van der Waals surface area contributed by atoms with Crippen LogP contribution in [-0.4, -0.2) is 31.5 Å². The summed E-state index contributed by atoms with van der Waals surface area (Å²) in [7, 11) is 0. The van der Waals surface area contributed by atoms with Crippen LogP contribution in [0.25, 0.3) is 17.1 Å². The number of benzene rings is 2. The molecule has 0 aliphatic carbocycles. The van der Waals surface area contributed by atoms with Crippen LogP contribution in [0.15, 0.2) is 63.8 Å². The van der Waals surface area contributed by atoms with Gasteiger partial charge in [0.1, 0.15) is 5.52 Å². The minimum absolute atomic E-state index is 0.0346. The average Bonchev–Trinajstić information content (AvgIpc) is 3.38. The number of para-hydroxylation sites is 2. The Morgan fingerprint density at radius 2 is 1.80 bits per heavy atom. The Bertz CT molecular complexity index is 1300. The molecule has 4 aromatic rings. The Morgan fingerprint density at radius 1 is 1.07 bits per heavy atom. The van der Waals surface area contributed by atoms with Crippen LogP contribution in [0.2, 0.25) is 0 Å². The lowest BCUT2D eigenvalue weighted by molar-refractivity contribution is -0.139. The molecule has 2 amide bonds. The molecule has 2 aromatic heterocycles. The number of hydrogen-bond donors (Lipinski definition) is 1. The summed E-state index contributed by atoms with van der Waals surface area (Å²) in [5, 5.41) is 2.93. The maximum absolute atomic E-state index is 13.1. The van der Waals surface area contributed by atoms with Gasteiger partial charge in [0.05, 0.1) is 18.0 Å². The Labute approximate surface area is 170 Å². The van der Waals surface area contributed by atoms with Crippen LogP contribution >= 0.6 is 0 Å². The first-order valence-corrected chi connectivity index (χ1v) is 9.58. The first-order valence-electron chi connectivity index (χ1n) is 9.58. The zero-order valence-corrected chi connectivity index (χ0v) is 16.2. The number of nitrogens with zero attached hydrogens (tertiary/aromatic N) is 3. The maximum Gasteiger partial charge on any atom is 0.325 e. The number of H-pyrrole nitrogens is 1. The second-order valence-corrected chi connectivity index (χ2v) is 7.32. The molecule has 1 atom stereocenters. The molecule has 0 unspecified atom stereocenters. The van der Waals surface area contributed by atoms with Crippen LogP contribution < -0.4 is 5.56 Å². The highest BCUT2D eigenvalue weighted by Crippen LogP contribution is 2.31. The van der Waals surface area contributed by atoms with Gasteiger partial charge in [0.25, 0.3) is 5.56 Å². The van der Waals surface area contributed by atoms with Crippen molar-refractivity contribution in [3.8, 4) is 6.01 Å². The highest BCUT2D eigenvalue weighted by molar-refractivity contribution is 6.06. The largest absolute Gasteiger partial charge is 0.422 e. The third-order valence-corrected chi connectivity index (χ3v) is 5.37. The molecule has 0 radical (unpaired) electrons. The first kappa shape index (κ1) is 18.1. The summed E-state index contributed by atoms with van der Waals surface area (Å²) >= 11 is 0. The van der Waals surface area contributed by atoms with Crippen molar-refractivity contribution in [3.63, 3.8) is 0 Å². The van der Waals surface area contributed by atoms with Crippen molar-refractivity contribution in [2.24, 2.45) is 0 Å². The Balaban J connectivity index is 1.50. The molecule has 3 heterocycles. The van der Waals surface area contributed by atoms with Crippen molar-refractivity contribution in [2.75, 3.05) is 0 Å². The Kier molecular flexibility index (Phi) is 4.13. The van der Waals surface area contributed by atoms with E-state index in [0.29, 0.717) is 16.8 Å². The standard InChI is InChI=1S/C22H18N4O4/c1-13-19(15-11-18(27)25(20(15)28)12-14-7-3-2-4-8-14)21(29)26(24-13)22-23-16-9-5-6-10-17(16)30-22/h2-10,15,24H,11-12H2,1H3/t15-/m1/s1. The SMILES string of the molecule is Cc1[nH]n(-c2nc3ccccc3o2)c(=O)c1[C@H]1CC(=O)N(Cc2ccccc2)C1=O. The molecule has 0 bridgehead atoms. The van der Waals surface area contributed by atoms with Crippen LogP contribution in [0.4, 0.5) is 0 Å². The number of aromatic nitrogens is 3. The molecule has 8 heteroatoms. The number of hydrogen-bond acceptors (Lipinski definition) is 5. The van der Waals surface area contributed by atoms with E-state index in [-0.39, 0.29) is 36.4 Å². The van der Waals surface area contributed by atoms with Gasteiger partial charge in [0.15, 0.2) is 5.58 Å². The number of likely N-dealkylation sites (tertiary alicyclic amines) is 1. The van der Waals surface area contributed by atoms with Gasteiger partial charge < -0.3 is 4.42 Å². The van der Waals surface area contributed by atoms with E-state index in [9.17, 15) is 14.4 Å². The van der Waals surface area contributed by atoms with Gasteiger partial charge >= 0.3 is 6.01 Å². The molecule has 0 saturated carbocycles. The zero-order valence-electron chi connectivity index (χ0n) is 16.2. The number of carbonyl (C=O) groups excluding carboxylic acids is 2. The Morgan fingerprint density at radius 3 is 2.57 bits per heavy atom. The minimum atomic E-state index is -0.824. The normalized spacial score (nSPS) is 16.7. The van der Waals surface area contributed by atoms with E-state index in [4.69, 9.17) is 4.42 Å². The lowest BCUT2D eigenvalue weighted by atomic mass is 9.98. The summed E-state index contributed by atoms with van der Waals surface area (Å²) in [5.74, 6) is -1.48. The van der Waals surface area contributed by atoms with E-state index >= 15 is 0 Å².